The Morgan fingerprint density at radius 2 is 1.88 bits per heavy atom. The van der Waals surface area contributed by atoms with Crippen molar-refractivity contribution in [2.45, 2.75) is 57.1 Å². The Morgan fingerprint density at radius 3 is 2.59 bits per heavy atom. The number of hydrogen-bond acceptors (Lipinski definition) is 3. The standard InChI is InChI=1S/C13H24N2O2/c16-12-6-2-1-5-11(12)14-13(17)7-10-15-8-3-4-9-15/h11-12,16H,1-10H2,(H,14,17). The van der Waals surface area contributed by atoms with Crippen LogP contribution < -0.4 is 5.32 Å². The lowest BCUT2D eigenvalue weighted by atomic mass is 9.92. The lowest BCUT2D eigenvalue weighted by Crippen LogP contribution is -2.45. The number of nitrogens with one attached hydrogen (secondary N) is 1. The normalized spacial score (nSPS) is 30.4. The van der Waals surface area contributed by atoms with Gasteiger partial charge in [0.2, 0.25) is 5.91 Å². The fraction of sp³-hybridized carbons (Fsp3) is 0.923. The molecule has 17 heavy (non-hydrogen) atoms. The Bertz CT molecular complexity index is 252. The molecule has 1 aliphatic carbocycles. The van der Waals surface area contributed by atoms with Crippen LogP contribution in [0.25, 0.3) is 0 Å². The fourth-order valence-electron chi connectivity index (χ4n) is 2.82. The number of likely N-dealkylation sites (tertiary alicyclic amines) is 1. The van der Waals surface area contributed by atoms with Crippen molar-refractivity contribution in [3.63, 3.8) is 0 Å². The van der Waals surface area contributed by atoms with E-state index in [1.807, 2.05) is 0 Å². The summed E-state index contributed by atoms with van der Waals surface area (Å²) in [6.07, 6.45) is 6.73. The molecule has 98 valence electrons. The number of rotatable bonds is 4. The molecule has 4 heteroatoms. The Labute approximate surface area is 103 Å². The first-order valence-corrected chi connectivity index (χ1v) is 6.95. The summed E-state index contributed by atoms with van der Waals surface area (Å²) in [5.41, 5.74) is 0. The molecular weight excluding hydrogens is 216 g/mol. The molecule has 2 fully saturated rings. The van der Waals surface area contributed by atoms with Crippen LogP contribution in [0.4, 0.5) is 0 Å². The first-order valence-electron chi connectivity index (χ1n) is 6.95. The smallest absolute Gasteiger partial charge is 0.221 e. The van der Waals surface area contributed by atoms with Gasteiger partial charge in [-0.15, -0.1) is 0 Å². The van der Waals surface area contributed by atoms with Gasteiger partial charge in [-0.2, -0.15) is 0 Å². The Kier molecular flexibility index (Phi) is 4.80. The molecule has 2 atom stereocenters. The molecule has 0 spiro atoms. The van der Waals surface area contributed by atoms with Gasteiger partial charge >= 0.3 is 0 Å². The zero-order chi connectivity index (χ0) is 12.1. The van der Waals surface area contributed by atoms with Crippen LogP contribution in [0.2, 0.25) is 0 Å². The number of amides is 1. The van der Waals surface area contributed by atoms with E-state index in [4.69, 9.17) is 0 Å². The summed E-state index contributed by atoms with van der Waals surface area (Å²) in [4.78, 5) is 14.1. The summed E-state index contributed by atoms with van der Waals surface area (Å²) in [6, 6.07) is -0.00479. The predicted molar refractivity (Wildman–Crippen MR) is 66.7 cm³/mol. The average molecular weight is 240 g/mol. The van der Waals surface area contributed by atoms with Crippen LogP contribution in [0, 0.1) is 0 Å². The number of nitrogens with zero attached hydrogens (tertiary/aromatic N) is 1. The maximum Gasteiger partial charge on any atom is 0.221 e. The molecule has 1 saturated heterocycles. The first-order chi connectivity index (χ1) is 8.25. The van der Waals surface area contributed by atoms with Gasteiger partial charge in [-0.25, -0.2) is 0 Å². The highest BCUT2D eigenvalue weighted by Crippen LogP contribution is 2.18. The number of carbonyl (C=O) groups is 1. The highest BCUT2D eigenvalue weighted by Gasteiger charge is 2.24. The van der Waals surface area contributed by atoms with Crippen LogP contribution >= 0.6 is 0 Å². The fourth-order valence-corrected chi connectivity index (χ4v) is 2.82. The predicted octanol–water partition coefficient (Wildman–Crippen LogP) is 0.892. The van der Waals surface area contributed by atoms with E-state index in [0.29, 0.717) is 6.42 Å². The number of hydrogen-bond donors (Lipinski definition) is 2. The summed E-state index contributed by atoms with van der Waals surface area (Å²) in [7, 11) is 0. The van der Waals surface area contributed by atoms with E-state index >= 15 is 0 Å². The molecular formula is C13H24N2O2. The van der Waals surface area contributed by atoms with Gasteiger partial charge in [0.1, 0.15) is 0 Å². The molecule has 0 aromatic carbocycles. The first kappa shape index (κ1) is 12.8. The van der Waals surface area contributed by atoms with E-state index in [2.05, 4.69) is 10.2 Å². The molecule has 1 aliphatic heterocycles. The molecule has 0 aromatic rings. The summed E-state index contributed by atoms with van der Waals surface area (Å²) in [6.45, 7) is 3.15. The van der Waals surface area contributed by atoms with Crippen molar-refractivity contribution in [2.75, 3.05) is 19.6 Å². The maximum absolute atomic E-state index is 11.8. The summed E-state index contributed by atoms with van der Waals surface area (Å²) in [5, 5.41) is 12.7. The molecule has 2 unspecified atom stereocenters. The highest BCUT2D eigenvalue weighted by atomic mass is 16.3. The van der Waals surface area contributed by atoms with Crippen LogP contribution in [-0.2, 0) is 4.79 Å². The van der Waals surface area contributed by atoms with E-state index in [1.165, 1.54) is 12.8 Å². The molecule has 4 nitrogen and oxygen atoms in total. The largest absolute Gasteiger partial charge is 0.391 e. The van der Waals surface area contributed by atoms with Gasteiger partial charge in [-0.1, -0.05) is 12.8 Å². The van der Waals surface area contributed by atoms with Crippen LogP contribution in [0.5, 0.6) is 0 Å². The van der Waals surface area contributed by atoms with Crippen molar-refractivity contribution in [3.05, 3.63) is 0 Å². The number of carbonyl (C=O) groups excluding carboxylic acids is 1. The SMILES string of the molecule is O=C(CCN1CCCC1)NC1CCCCC1O. The molecule has 0 aromatic heterocycles. The van der Waals surface area contributed by atoms with E-state index in [9.17, 15) is 9.90 Å². The van der Waals surface area contributed by atoms with E-state index in [1.54, 1.807) is 0 Å². The zero-order valence-electron chi connectivity index (χ0n) is 10.5. The molecule has 0 radical (unpaired) electrons. The maximum atomic E-state index is 11.8. The van der Waals surface area contributed by atoms with Crippen molar-refractivity contribution >= 4 is 5.91 Å². The molecule has 2 rings (SSSR count). The van der Waals surface area contributed by atoms with E-state index < -0.39 is 0 Å². The van der Waals surface area contributed by atoms with Crippen molar-refractivity contribution in [2.24, 2.45) is 0 Å². The van der Waals surface area contributed by atoms with Crippen LogP contribution in [0.3, 0.4) is 0 Å². The van der Waals surface area contributed by atoms with Crippen LogP contribution in [0.1, 0.15) is 44.9 Å². The Hall–Kier alpha value is -0.610. The third-order valence-electron chi connectivity index (χ3n) is 3.93. The minimum Gasteiger partial charge on any atom is -0.391 e. The van der Waals surface area contributed by atoms with Gasteiger partial charge < -0.3 is 15.3 Å². The van der Waals surface area contributed by atoms with Gasteiger partial charge in [0.05, 0.1) is 12.1 Å². The number of aliphatic hydroxyl groups excluding tert-OH is 1. The summed E-state index contributed by atoms with van der Waals surface area (Å²) < 4.78 is 0. The van der Waals surface area contributed by atoms with Gasteiger partial charge in [-0.05, 0) is 38.8 Å². The van der Waals surface area contributed by atoms with E-state index in [-0.39, 0.29) is 18.1 Å². The van der Waals surface area contributed by atoms with Crippen molar-refractivity contribution < 1.29 is 9.90 Å². The van der Waals surface area contributed by atoms with Crippen LogP contribution in [0.15, 0.2) is 0 Å². The molecule has 1 amide bonds. The molecule has 0 bridgehead atoms. The third-order valence-corrected chi connectivity index (χ3v) is 3.93. The van der Waals surface area contributed by atoms with Crippen LogP contribution in [-0.4, -0.2) is 47.7 Å². The van der Waals surface area contributed by atoms with Crippen molar-refractivity contribution in [1.29, 1.82) is 0 Å². The highest BCUT2D eigenvalue weighted by molar-refractivity contribution is 5.76. The second-order valence-electron chi connectivity index (χ2n) is 5.32. The molecule has 2 aliphatic rings. The van der Waals surface area contributed by atoms with Gasteiger partial charge in [0.15, 0.2) is 0 Å². The second kappa shape index (κ2) is 6.36. The van der Waals surface area contributed by atoms with Gasteiger partial charge in [0, 0.05) is 13.0 Å². The van der Waals surface area contributed by atoms with Gasteiger partial charge in [-0.3, -0.25) is 4.79 Å². The zero-order valence-corrected chi connectivity index (χ0v) is 10.5. The molecule has 1 heterocycles. The topological polar surface area (TPSA) is 52.6 Å². The van der Waals surface area contributed by atoms with Crippen molar-refractivity contribution in [3.8, 4) is 0 Å². The minimum atomic E-state index is -0.334. The number of aliphatic hydroxyl groups is 1. The Balaban J connectivity index is 1.65. The quantitative estimate of drug-likeness (QED) is 0.767. The molecule has 2 N–H and O–H groups in total. The second-order valence-corrected chi connectivity index (χ2v) is 5.32. The Morgan fingerprint density at radius 1 is 1.18 bits per heavy atom. The minimum absolute atomic E-state index is 0.00479. The molecule has 1 saturated carbocycles. The lowest BCUT2D eigenvalue weighted by molar-refractivity contribution is -0.123. The third kappa shape index (κ3) is 3.96. The lowest BCUT2D eigenvalue weighted by Gasteiger charge is -2.28. The van der Waals surface area contributed by atoms with E-state index in [0.717, 1.165) is 45.3 Å². The monoisotopic (exact) mass is 240 g/mol. The summed E-state index contributed by atoms with van der Waals surface area (Å²) >= 11 is 0. The summed E-state index contributed by atoms with van der Waals surface area (Å²) in [5.74, 6) is 0.0999. The van der Waals surface area contributed by atoms with Gasteiger partial charge in [0.25, 0.3) is 0 Å². The average Bonchev–Trinajstić information content (AvgIpc) is 2.82. The van der Waals surface area contributed by atoms with Crippen molar-refractivity contribution in [1.82, 2.24) is 10.2 Å².